The summed E-state index contributed by atoms with van der Waals surface area (Å²) < 4.78 is 5.69. The van der Waals surface area contributed by atoms with Crippen LogP contribution < -0.4 is 5.32 Å². The Labute approximate surface area is 175 Å². The fraction of sp³-hybridized carbons (Fsp3) is 0.348. The Balaban J connectivity index is 1.32. The minimum absolute atomic E-state index is 0.0270. The van der Waals surface area contributed by atoms with Crippen molar-refractivity contribution in [3.05, 3.63) is 64.7 Å². The molecule has 150 valence electrons. The van der Waals surface area contributed by atoms with E-state index in [4.69, 9.17) is 4.42 Å². The monoisotopic (exact) mass is 407 g/mol. The Morgan fingerprint density at radius 1 is 1.14 bits per heavy atom. The van der Waals surface area contributed by atoms with E-state index in [-0.39, 0.29) is 17.7 Å². The molecular weight excluding hydrogens is 382 g/mol. The van der Waals surface area contributed by atoms with Gasteiger partial charge in [-0.25, -0.2) is 0 Å². The van der Waals surface area contributed by atoms with Crippen molar-refractivity contribution in [2.24, 2.45) is 0 Å². The van der Waals surface area contributed by atoms with E-state index in [2.05, 4.69) is 33.7 Å². The molecule has 1 aliphatic carbocycles. The predicted molar refractivity (Wildman–Crippen MR) is 115 cm³/mol. The van der Waals surface area contributed by atoms with Crippen LogP contribution >= 0.6 is 11.8 Å². The second-order valence-corrected chi connectivity index (χ2v) is 8.48. The molecule has 0 spiro atoms. The van der Waals surface area contributed by atoms with Gasteiger partial charge < -0.3 is 9.73 Å². The fourth-order valence-corrected chi connectivity index (χ4v) is 4.25. The van der Waals surface area contributed by atoms with E-state index in [1.165, 1.54) is 42.2 Å². The lowest BCUT2D eigenvalue weighted by Crippen LogP contribution is -2.28. The van der Waals surface area contributed by atoms with Crippen molar-refractivity contribution < 1.29 is 9.21 Å². The fourth-order valence-electron chi connectivity index (χ4n) is 3.68. The number of hydrogen-bond acceptors (Lipinski definition) is 5. The van der Waals surface area contributed by atoms with Gasteiger partial charge in [0.2, 0.25) is 11.8 Å². The van der Waals surface area contributed by atoms with Crippen LogP contribution in [0.1, 0.15) is 48.1 Å². The highest BCUT2D eigenvalue weighted by atomic mass is 32.2. The van der Waals surface area contributed by atoms with Gasteiger partial charge in [-0.3, -0.25) is 4.79 Å². The number of benzene rings is 2. The molecule has 1 N–H and O–H groups in total. The first kappa shape index (κ1) is 19.7. The highest BCUT2D eigenvalue weighted by Crippen LogP contribution is 2.26. The van der Waals surface area contributed by atoms with Gasteiger partial charge in [-0.2, -0.15) is 0 Å². The quantitative estimate of drug-likeness (QED) is 0.589. The molecule has 0 aliphatic heterocycles. The van der Waals surface area contributed by atoms with Gasteiger partial charge in [0.15, 0.2) is 0 Å². The van der Waals surface area contributed by atoms with E-state index in [1.54, 1.807) is 0 Å². The molecule has 0 saturated carbocycles. The van der Waals surface area contributed by atoms with Crippen molar-refractivity contribution in [2.45, 2.75) is 50.8 Å². The summed E-state index contributed by atoms with van der Waals surface area (Å²) in [5, 5.41) is 11.6. The molecule has 1 aromatic heterocycles. The molecule has 5 nitrogen and oxygen atoms in total. The number of nitrogens with zero attached hydrogens (tertiary/aromatic N) is 2. The molecule has 1 atom stereocenters. The zero-order chi connectivity index (χ0) is 20.2. The zero-order valence-electron chi connectivity index (χ0n) is 16.8. The normalized spacial score (nSPS) is 14.3. The summed E-state index contributed by atoms with van der Waals surface area (Å²) in [5.74, 6) is 0.666. The van der Waals surface area contributed by atoms with Crippen LogP contribution in [0.25, 0.3) is 11.5 Å². The van der Waals surface area contributed by atoms with E-state index in [0.29, 0.717) is 11.1 Å². The molecular formula is C23H25N3O2S. The van der Waals surface area contributed by atoms with Crippen molar-refractivity contribution >= 4 is 17.7 Å². The molecule has 1 heterocycles. The lowest BCUT2D eigenvalue weighted by atomic mass is 9.89. The van der Waals surface area contributed by atoms with Crippen LogP contribution in [0, 0.1) is 6.92 Å². The van der Waals surface area contributed by atoms with Crippen LogP contribution in [0.3, 0.4) is 0 Å². The van der Waals surface area contributed by atoms with Gasteiger partial charge in [0.05, 0.1) is 11.8 Å². The van der Waals surface area contributed by atoms with Crippen molar-refractivity contribution in [1.29, 1.82) is 0 Å². The number of aromatic nitrogens is 2. The summed E-state index contributed by atoms with van der Waals surface area (Å²) in [6, 6.07) is 14.5. The Morgan fingerprint density at radius 2 is 1.97 bits per heavy atom. The van der Waals surface area contributed by atoms with Crippen molar-refractivity contribution in [3.63, 3.8) is 0 Å². The second kappa shape index (κ2) is 8.82. The van der Waals surface area contributed by atoms with Gasteiger partial charge in [0, 0.05) is 5.56 Å². The maximum atomic E-state index is 12.4. The molecule has 1 amide bonds. The highest BCUT2D eigenvalue weighted by molar-refractivity contribution is 7.99. The average Bonchev–Trinajstić information content (AvgIpc) is 3.21. The summed E-state index contributed by atoms with van der Waals surface area (Å²) in [7, 11) is 0. The van der Waals surface area contributed by atoms with Crippen LogP contribution in [-0.2, 0) is 17.6 Å². The number of nitrogens with one attached hydrogen (secondary N) is 1. The number of aryl methyl sites for hydroxylation is 3. The third kappa shape index (κ3) is 4.88. The topological polar surface area (TPSA) is 68.0 Å². The summed E-state index contributed by atoms with van der Waals surface area (Å²) in [6.07, 6.45) is 4.83. The smallest absolute Gasteiger partial charge is 0.277 e. The first-order valence-electron chi connectivity index (χ1n) is 10.0. The number of rotatable bonds is 6. The number of amides is 1. The van der Waals surface area contributed by atoms with Crippen molar-refractivity contribution in [1.82, 2.24) is 15.5 Å². The predicted octanol–water partition coefficient (Wildman–Crippen LogP) is 4.89. The standard InChI is InChI=1S/C23H25N3O2S/c1-15-6-5-9-20(12-15)22-25-26-23(28-22)29-14-21(27)24-16(2)18-11-10-17-7-3-4-8-19(17)13-18/h5-6,9-13,16H,3-4,7-8,14H2,1-2H3,(H,24,27)/t16-/m1/s1. The van der Waals surface area contributed by atoms with Crippen LogP contribution in [0.4, 0.5) is 0 Å². The van der Waals surface area contributed by atoms with Crippen molar-refractivity contribution in [3.8, 4) is 11.5 Å². The maximum Gasteiger partial charge on any atom is 0.277 e. The summed E-state index contributed by atoms with van der Waals surface area (Å²) >= 11 is 1.26. The summed E-state index contributed by atoms with van der Waals surface area (Å²) in [4.78, 5) is 12.4. The van der Waals surface area contributed by atoms with Gasteiger partial charge in [-0.15, -0.1) is 10.2 Å². The lowest BCUT2D eigenvalue weighted by molar-refractivity contribution is -0.119. The van der Waals surface area contributed by atoms with Crippen LogP contribution in [0.15, 0.2) is 52.1 Å². The Bertz CT molecular complexity index is 1010. The Morgan fingerprint density at radius 3 is 2.79 bits per heavy atom. The van der Waals surface area contributed by atoms with Crippen molar-refractivity contribution in [2.75, 3.05) is 5.75 Å². The molecule has 29 heavy (non-hydrogen) atoms. The van der Waals surface area contributed by atoms with Gasteiger partial charge in [-0.1, -0.05) is 47.7 Å². The molecule has 4 rings (SSSR count). The highest BCUT2D eigenvalue weighted by Gasteiger charge is 2.16. The second-order valence-electron chi connectivity index (χ2n) is 7.56. The van der Waals surface area contributed by atoms with Gasteiger partial charge in [-0.05, 0) is 68.4 Å². The van der Waals surface area contributed by atoms with Crippen LogP contribution in [0.2, 0.25) is 0 Å². The molecule has 0 fully saturated rings. The molecule has 0 radical (unpaired) electrons. The first-order valence-corrected chi connectivity index (χ1v) is 11.0. The summed E-state index contributed by atoms with van der Waals surface area (Å²) in [6.45, 7) is 4.04. The van der Waals surface area contributed by atoms with Gasteiger partial charge >= 0.3 is 0 Å². The number of hydrogen-bond donors (Lipinski definition) is 1. The molecule has 2 aromatic carbocycles. The zero-order valence-corrected chi connectivity index (χ0v) is 17.6. The molecule has 0 bridgehead atoms. The van der Waals surface area contributed by atoms with Crippen LogP contribution in [-0.4, -0.2) is 21.9 Å². The minimum Gasteiger partial charge on any atom is -0.411 e. The van der Waals surface area contributed by atoms with E-state index < -0.39 is 0 Å². The third-order valence-electron chi connectivity index (χ3n) is 5.25. The molecule has 1 aliphatic rings. The Kier molecular flexibility index (Phi) is 6.00. The maximum absolute atomic E-state index is 12.4. The van der Waals surface area contributed by atoms with Gasteiger partial charge in [0.1, 0.15) is 0 Å². The average molecular weight is 408 g/mol. The lowest BCUT2D eigenvalue weighted by Gasteiger charge is -2.20. The number of carbonyl (C=O) groups excluding carboxylic acids is 1. The number of carbonyl (C=O) groups is 1. The van der Waals surface area contributed by atoms with E-state index in [9.17, 15) is 4.79 Å². The van der Waals surface area contributed by atoms with E-state index in [1.807, 2.05) is 38.1 Å². The minimum atomic E-state index is -0.0458. The van der Waals surface area contributed by atoms with E-state index >= 15 is 0 Å². The molecule has 6 heteroatoms. The number of fused-ring (bicyclic) bond motifs is 1. The SMILES string of the molecule is Cc1cccc(-c2nnc(SCC(=O)N[C@H](C)c3ccc4c(c3)CCCC4)o2)c1. The van der Waals surface area contributed by atoms with Gasteiger partial charge in [0.25, 0.3) is 5.22 Å². The number of thioether (sulfide) groups is 1. The van der Waals surface area contributed by atoms with E-state index in [0.717, 1.165) is 23.1 Å². The van der Waals surface area contributed by atoms with Crippen LogP contribution in [0.5, 0.6) is 0 Å². The largest absolute Gasteiger partial charge is 0.411 e. The molecule has 3 aromatic rings. The molecule has 0 unspecified atom stereocenters. The first-order chi connectivity index (χ1) is 14.1. The third-order valence-corrected chi connectivity index (χ3v) is 6.07. The summed E-state index contributed by atoms with van der Waals surface area (Å²) in [5.41, 5.74) is 6.05. The Hall–Kier alpha value is -2.60. The molecule has 0 saturated heterocycles.